The quantitative estimate of drug-likeness (QED) is 0.444. The minimum Gasteiger partial charge on any atom is -0.288 e. The Bertz CT molecular complexity index is 496. The zero-order valence-electron chi connectivity index (χ0n) is 10.2. The summed E-state index contributed by atoms with van der Waals surface area (Å²) in [5.41, 5.74) is -0.0536. The molecule has 104 valence electrons. The van der Waals surface area contributed by atoms with E-state index in [1.807, 2.05) is 0 Å². The summed E-state index contributed by atoms with van der Waals surface area (Å²) in [7, 11) is 0. The number of carbonyl (C=O) groups is 2. The lowest BCUT2D eigenvalue weighted by molar-refractivity contribution is 0.0880. The molecule has 7 heteroatoms. The van der Waals surface area contributed by atoms with Crippen LogP contribution < -0.4 is 5.32 Å². The van der Waals surface area contributed by atoms with E-state index in [2.05, 4.69) is 19.2 Å². The minimum atomic E-state index is -0.625. The lowest BCUT2D eigenvalue weighted by Crippen LogP contribution is -2.20. The van der Waals surface area contributed by atoms with E-state index in [1.54, 1.807) is 0 Å². The summed E-state index contributed by atoms with van der Waals surface area (Å²) >= 11 is 23.1. The van der Waals surface area contributed by atoms with Gasteiger partial charge in [-0.3, -0.25) is 14.9 Å². The van der Waals surface area contributed by atoms with Crippen molar-refractivity contribution in [1.29, 1.82) is 0 Å². The van der Waals surface area contributed by atoms with Crippen LogP contribution in [0.4, 0.5) is 0 Å². The number of carbonyl (C=O) groups excluding carboxylic acids is 2. The third kappa shape index (κ3) is 3.16. The molecule has 0 bridgehead atoms. The van der Waals surface area contributed by atoms with Crippen molar-refractivity contribution in [1.82, 2.24) is 5.32 Å². The Labute approximate surface area is 131 Å². The number of fused-ring (bicyclic) bond motifs is 1. The normalized spacial score (nSPS) is 12.7. The second-order valence-corrected chi connectivity index (χ2v) is 5.30. The number of hydrogen-bond acceptors (Lipinski definition) is 2. The van der Waals surface area contributed by atoms with Gasteiger partial charge in [0.25, 0.3) is 11.8 Å². The van der Waals surface area contributed by atoms with Crippen LogP contribution in [0.2, 0.25) is 20.1 Å². The Balaban J connectivity index is 0.000000399. The second kappa shape index (κ2) is 6.80. The average molecular weight is 343 g/mol. The summed E-state index contributed by atoms with van der Waals surface area (Å²) in [4.78, 5) is 22.7. The van der Waals surface area contributed by atoms with Crippen LogP contribution in [-0.2, 0) is 0 Å². The highest BCUT2D eigenvalue weighted by molar-refractivity contribution is 6.55. The molecular formula is C12H11Cl4NO2. The van der Waals surface area contributed by atoms with Gasteiger partial charge in [-0.1, -0.05) is 73.1 Å². The molecule has 19 heavy (non-hydrogen) atoms. The molecular weight excluding hydrogens is 332 g/mol. The minimum absolute atomic E-state index is 0.0268. The Kier molecular flexibility index (Phi) is 5.93. The molecule has 1 aromatic rings. The van der Waals surface area contributed by atoms with Crippen molar-refractivity contribution in [2.24, 2.45) is 0 Å². The van der Waals surface area contributed by atoms with Gasteiger partial charge in [0.05, 0.1) is 31.2 Å². The predicted octanol–water partition coefficient (Wildman–Crippen LogP) is 4.99. The van der Waals surface area contributed by atoms with Crippen molar-refractivity contribution in [3.8, 4) is 0 Å². The molecule has 0 saturated carbocycles. The maximum Gasteiger partial charge on any atom is 0.260 e. The molecule has 0 unspecified atom stereocenters. The van der Waals surface area contributed by atoms with Crippen LogP contribution in [0.15, 0.2) is 0 Å². The number of amides is 2. The van der Waals surface area contributed by atoms with E-state index in [0.29, 0.717) is 0 Å². The van der Waals surface area contributed by atoms with Gasteiger partial charge < -0.3 is 0 Å². The molecule has 0 spiro atoms. The standard InChI is InChI=1S/C8HCl4NO2.C4H10/c9-3-1-2(8(15)13-7(1)14)4(10)6(12)5(3)11;1-3-4-2/h(H,13,14,15);3-4H2,1-2H3. The first-order chi connectivity index (χ1) is 8.86. The molecule has 0 saturated heterocycles. The third-order valence-electron chi connectivity index (χ3n) is 2.45. The van der Waals surface area contributed by atoms with Gasteiger partial charge in [-0.15, -0.1) is 0 Å². The summed E-state index contributed by atoms with van der Waals surface area (Å²) in [5, 5.41) is 1.85. The van der Waals surface area contributed by atoms with Crippen LogP contribution in [0.25, 0.3) is 0 Å². The summed E-state index contributed by atoms with van der Waals surface area (Å²) in [6, 6.07) is 0. The van der Waals surface area contributed by atoms with E-state index in [9.17, 15) is 9.59 Å². The number of nitrogens with one attached hydrogen (secondary N) is 1. The Morgan fingerprint density at radius 3 is 1.32 bits per heavy atom. The average Bonchev–Trinajstić information content (AvgIpc) is 2.69. The molecule has 2 rings (SSSR count). The first kappa shape index (κ1) is 16.6. The van der Waals surface area contributed by atoms with Crippen molar-refractivity contribution < 1.29 is 9.59 Å². The number of imide groups is 1. The highest BCUT2D eigenvalue weighted by atomic mass is 35.5. The largest absolute Gasteiger partial charge is 0.288 e. The van der Waals surface area contributed by atoms with Gasteiger partial charge in [0, 0.05) is 0 Å². The van der Waals surface area contributed by atoms with E-state index in [-0.39, 0.29) is 31.2 Å². The van der Waals surface area contributed by atoms with Gasteiger partial charge in [0.15, 0.2) is 0 Å². The Morgan fingerprint density at radius 1 is 0.737 bits per heavy atom. The SMILES string of the molecule is CCCC.O=C1NC(=O)c2c(Cl)c(Cl)c(Cl)c(Cl)c21. The van der Waals surface area contributed by atoms with Crippen LogP contribution in [0.1, 0.15) is 47.4 Å². The fraction of sp³-hybridized carbons (Fsp3) is 0.333. The van der Waals surface area contributed by atoms with Gasteiger partial charge in [-0.05, 0) is 0 Å². The van der Waals surface area contributed by atoms with E-state index >= 15 is 0 Å². The first-order valence-electron chi connectivity index (χ1n) is 5.58. The molecule has 1 aliphatic heterocycles. The van der Waals surface area contributed by atoms with E-state index in [0.717, 1.165) is 0 Å². The smallest absolute Gasteiger partial charge is 0.260 e. The highest BCUT2D eigenvalue weighted by Crippen LogP contribution is 2.42. The van der Waals surface area contributed by atoms with Crippen LogP contribution in [0.5, 0.6) is 0 Å². The molecule has 0 fully saturated rings. The second-order valence-electron chi connectivity index (χ2n) is 3.79. The maximum absolute atomic E-state index is 11.3. The van der Waals surface area contributed by atoms with Crippen molar-refractivity contribution in [2.45, 2.75) is 26.7 Å². The number of benzene rings is 1. The lowest BCUT2D eigenvalue weighted by atomic mass is 10.1. The topological polar surface area (TPSA) is 46.2 Å². The van der Waals surface area contributed by atoms with Crippen molar-refractivity contribution in [2.75, 3.05) is 0 Å². The molecule has 0 atom stereocenters. The number of unbranched alkanes of at least 4 members (excludes halogenated alkanes) is 1. The van der Waals surface area contributed by atoms with Crippen LogP contribution >= 0.6 is 46.4 Å². The molecule has 0 aromatic heterocycles. The molecule has 1 aliphatic rings. The summed E-state index contributed by atoms with van der Waals surface area (Å²) in [5.74, 6) is -1.25. The van der Waals surface area contributed by atoms with Gasteiger partial charge >= 0.3 is 0 Å². The summed E-state index contributed by atoms with van der Waals surface area (Å²) < 4.78 is 0. The zero-order valence-corrected chi connectivity index (χ0v) is 13.3. The number of halogens is 4. The summed E-state index contributed by atoms with van der Waals surface area (Å²) in [6.07, 6.45) is 2.64. The highest BCUT2D eigenvalue weighted by Gasteiger charge is 2.35. The van der Waals surface area contributed by atoms with E-state index in [4.69, 9.17) is 46.4 Å². The monoisotopic (exact) mass is 341 g/mol. The molecule has 1 aromatic carbocycles. The molecule has 0 radical (unpaired) electrons. The van der Waals surface area contributed by atoms with Crippen LogP contribution in [-0.4, -0.2) is 11.8 Å². The van der Waals surface area contributed by atoms with Crippen LogP contribution in [0.3, 0.4) is 0 Å². The Morgan fingerprint density at radius 2 is 1.05 bits per heavy atom. The van der Waals surface area contributed by atoms with Gasteiger partial charge in [-0.25, -0.2) is 0 Å². The predicted molar refractivity (Wildman–Crippen MR) is 78.9 cm³/mol. The molecule has 2 amide bonds. The number of rotatable bonds is 1. The van der Waals surface area contributed by atoms with Crippen molar-refractivity contribution in [3.63, 3.8) is 0 Å². The van der Waals surface area contributed by atoms with Crippen molar-refractivity contribution >= 4 is 58.2 Å². The van der Waals surface area contributed by atoms with Crippen molar-refractivity contribution in [3.05, 3.63) is 31.2 Å². The third-order valence-corrected chi connectivity index (χ3v) is 4.25. The molecule has 1 heterocycles. The maximum atomic E-state index is 11.3. The summed E-state index contributed by atoms with van der Waals surface area (Å²) in [6.45, 7) is 4.36. The fourth-order valence-corrected chi connectivity index (χ4v) is 2.31. The van der Waals surface area contributed by atoms with Gasteiger partial charge in [0.2, 0.25) is 0 Å². The van der Waals surface area contributed by atoms with E-state index in [1.165, 1.54) is 12.8 Å². The lowest BCUT2D eigenvalue weighted by Gasteiger charge is -2.06. The van der Waals surface area contributed by atoms with Gasteiger partial charge in [0.1, 0.15) is 0 Å². The molecule has 3 nitrogen and oxygen atoms in total. The Hall–Kier alpha value is -0.480. The number of hydrogen-bond donors (Lipinski definition) is 1. The van der Waals surface area contributed by atoms with Crippen LogP contribution in [0, 0.1) is 0 Å². The fourth-order valence-electron chi connectivity index (χ4n) is 1.29. The zero-order chi connectivity index (χ0) is 14.7. The molecule has 0 aliphatic carbocycles. The first-order valence-corrected chi connectivity index (χ1v) is 7.09. The van der Waals surface area contributed by atoms with E-state index < -0.39 is 11.8 Å². The molecule has 1 N–H and O–H groups in total. The van der Waals surface area contributed by atoms with Gasteiger partial charge in [-0.2, -0.15) is 0 Å².